The normalized spacial score (nSPS) is 11.9. The smallest absolute Gasteiger partial charge is 0.275 e. The molecule has 4 aromatic rings. The number of nitrogens with one attached hydrogen (secondary N) is 3. The van der Waals surface area contributed by atoms with Gasteiger partial charge in [0.25, 0.3) is 5.91 Å². The lowest BCUT2D eigenvalue weighted by molar-refractivity contribution is -0.138. The first-order valence-electron chi connectivity index (χ1n) is 11.0. The van der Waals surface area contributed by atoms with Crippen molar-refractivity contribution in [1.29, 1.82) is 0 Å². The van der Waals surface area contributed by atoms with Crippen LogP contribution in [0.4, 0.5) is 5.69 Å². The Hall–Kier alpha value is -3.97. The van der Waals surface area contributed by atoms with Crippen LogP contribution in [0.2, 0.25) is 5.02 Å². The van der Waals surface area contributed by atoms with Crippen molar-refractivity contribution in [3.8, 4) is 0 Å². The largest absolute Gasteiger partial charge is 0.372 e. The van der Waals surface area contributed by atoms with Crippen LogP contribution in [0.25, 0.3) is 0 Å². The Morgan fingerprint density at radius 3 is 1.71 bits per heavy atom. The molecule has 0 heterocycles. The monoisotopic (exact) mass is 485 g/mol. The molecule has 0 unspecified atom stereocenters. The van der Waals surface area contributed by atoms with Crippen LogP contribution in [0.3, 0.4) is 0 Å². The number of carbonyl (C=O) groups is 2. The molecule has 4 aromatic carbocycles. The van der Waals surface area contributed by atoms with Crippen molar-refractivity contribution in [2.45, 2.75) is 11.6 Å². The minimum absolute atomic E-state index is 0.391. The standard InChI is InChI=1S/C28H24ClN3O3/c29-23-18-16-20(17-19-23)25(26(33)30-24-14-8-3-9-15-24)31-32-27(34)28(35,21-10-4-1-5-11-21)22-12-6-2-7-13-22/h1-19,25,31,35H,(H,30,33)(H,32,34)/t25-/m0/s1. The van der Waals surface area contributed by atoms with Crippen molar-refractivity contribution in [3.63, 3.8) is 0 Å². The molecule has 2 amide bonds. The number of benzene rings is 4. The van der Waals surface area contributed by atoms with E-state index in [2.05, 4.69) is 16.2 Å². The van der Waals surface area contributed by atoms with Crippen molar-refractivity contribution in [2.24, 2.45) is 0 Å². The lowest BCUT2D eigenvalue weighted by atomic mass is 9.85. The lowest BCUT2D eigenvalue weighted by Crippen LogP contribution is -2.53. The first-order valence-corrected chi connectivity index (χ1v) is 11.4. The lowest BCUT2D eigenvalue weighted by Gasteiger charge is -2.29. The highest BCUT2D eigenvalue weighted by molar-refractivity contribution is 6.30. The molecule has 0 bridgehead atoms. The molecule has 0 radical (unpaired) electrons. The highest BCUT2D eigenvalue weighted by Crippen LogP contribution is 2.30. The third-order valence-electron chi connectivity index (χ3n) is 5.55. The fourth-order valence-corrected chi connectivity index (χ4v) is 3.83. The molecule has 0 aliphatic rings. The number of aliphatic hydroxyl groups is 1. The molecular weight excluding hydrogens is 462 g/mol. The summed E-state index contributed by atoms with van der Waals surface area (Å²) < 4.78 is 0. The quantitative estimate of drug-likeness (QED) is 0.275. The molecule has 4 rings (SSSR count). The summed E-state index contributed by atoms with van der Waals surface area (Å²) >= 11 is 6.02. The summed E-state index contributed by atoms with van der Waals surface area (Å²) in [6.07, 6.45) is 0. The van der Waals surface area contributed by atoms with E-state index in [9.17, 15) is 14.7 Å². The van der Waals surface area contributed by atoms with Gasteiger partial charge in [-0.15, -0.1) is 0 Å². The zero-order valence-electron chi connectivity index (χ0n) is 18.7. The Balaban J connectivity index is 1.62. The molecule has 0 saturated heterocycles. The Morgan fingerprint density at radius 1 is 0.714 bits per heavy atom. The second kappa shape index (κ2) is 11.0. The zero-order chi connectivity index (χ0) is 24.7. The molecule has 7 heteroatoms. The van der Waals surface area contributed by atoms with Crippen LogP contribution in [0.15, 0.2) is 115 Å². The molecule has 6 nitrogen and oxygen atoms in total. The van der Waals surface area contributed by atoms with Gasteiger partial charge >= 0.3 is 0 Å². The molecule has 35 heavy (non-hydrogen) atoms. The van der Waals surface area contributed by atoms with E-state index in [0.717, 1.165) is 0 Å². The van der Waals surface area contributed by atoms with E-state index in [-0.39, 0.29) is 0 Å². The van der Waals surface area contributed by atoms with E-state index in [1.54, 1.807) is 97.1 Å². The van der Waals surface area contributed by atoms with Crippen LogP contribution in [0.5, 0.6) is 0 Å². The Kier molecular flexibility index (Phi) is 7.57. The highest BCUT2D eigenvalue weighted by Gasteiger charge is 2.40. The summed E-state index contributed by atoms with van der Waals surface area (Å²) in [6, 6.07) is 32.0. The van der Waals surface area contributed by atoms with Gasteiger partial charge in [-0.2, -0.15) is 0 Å². The molecule has 0 aliphatic heterocycles. The fourth-order valence-electron chi connectivity index (χ4n) is 3.71. The van der Waals surface area contributed by atoms with Crippen LogP contribution in [0, 0.1) is 0 Å². The van der Waals surface area contributed by atoms with E-state index >= 15 is 0 Å². The molecule has 0 aromatic heterocycles. The van der Waals surface area contributed by atoms with Crippen molar-refractivity contribution in [2.75, 3.05) is 5.32 Å². The zero-order valence-corrected chi connectivity index (χ0v) is 19.4. The fraction of sp³-hybridized carbons (Fsp3) is 0.0714. The average Bonchev–Trinajstić information content (AvgIpc) is 2.90. The number of hydrogen-bond donors (Lipinski definition) is 4. The number of amides is 2. The molecule has 0 aliphatic carbocycles. The molecule has 4 N–H and O–H groups in total. The van der Waals surface area contributed by atoms with Gasteiger partial charge in [-0.05, 0) is 41.0 Å². The SMILES string of the molecule is O=C(Nc1ccccc1)[C@@H](NNC(=O)C(O)(c1ccccc1)c1ccccc1)c1ccc(Cl)cc1. The summed E-state index contributed by atoms with van der Waals surface area (Å²) in [6.45, 7) is 0. The van der Waals surface area contributed by atoms with Crippen molar-refractivity contribution < 1.29 is 14.7 Å². The number of para-hydroxylation sites is 1. The van der Waals surface area contributed by atoms with Crippen LogP contribution in [-0.4, -0.2) is 16.9 Å². The highest BCUT2D eigenvalue weighted by atomic mass is 35.5. The molecule has 0 spiro atoms. The maximum atomic E-state index is 13.5. The van der Waals surface area contributed by atoms with Gasteiger partial charge in [0.1, 0.15) is 6.04 Å². The van der Waals surface area contributed by atoms with Crippen molar-refractivity contribution in [1.82, 2.24) is 10.9 Å². The predicted octanol–water partition coefficient (Wildman–Crippen LogP) is 4.58. The summed E-state index contributed by atoms with van der Waals surface area (Å²) in [7, 11) is 0. The van der Waals surface area contributed by atoms with E-state index in [1.807, 2.05) is 18.2 Å². The first-order chi connectivity index (χ1) is 17.0. The van der Waals surface area contributed by atoms with Crippen molar-refractivity contribution >= 4 is 29.1 Å². The molecule has 176 valence electrons. The number of carbonyl (C=O) groups excluding carboxylic acids is 2. The molecule has 0 fully saturated rings. The van der Waals surface area contributed by atoms with E-state index in [1.165, 1.54) is 0 Å². The summed E-state index contributed by atoms with van der Waals surface area (Å²) in [4.78, 5) is 26.6. The van der Waals surface area contributed by atoms with Gasteiger partial charge in [0.05, 0.1) is 0 Å². The van der Waals surface area contributed by atoms with Gasteiger partial charge in [-0.1, -0.05) is 103 Å². The number of hydrogen-bond acceptors (Lipinski definition) is 4. The summed E-state index contributed by atoms with van der Waals surface area (Å²) in [5, 5.41) is 15.0. The Morgan fingerprint density at radius 2 is 1.20 bits per heavy atom. The second-order valence-corrected chi connectivity index (χ2v) is 8.32. The molecule has 0 saturated carbocycles. The number of hydrazine groups is 1. The topological polar surface area (TPSA) is 90.5 Å². The Bertz CT molecular complexity index is 1230. The summed E-state index contributed by atoms with van der Waals surface area (Å²) in [5.41, 5.74) is 5.35. The maximum Gasteiger partial charge on any atom is 0.275 e. The maximum absolute atomic E-state index is 13.5. The van der Waals surface area contributed by atoms with Gasteiger partial charge in [0.15, 0.2) is 5.60 Å². The third kappa shape index (κ3) is 5.58. The molecular formula is C28H24ClN3O3. The number of anilines is 1. The van der Waals surface area contributed by atoms with Gasteiger partial charge < -0.3 is 10.4 Å². The van der Waals surface area contributed by atoms with Gasteiger partial charge in [0.2, 0.25) is 5.91 Å². The van der Waals surface area contributed by atoms with Crippen molar-refractivity contribution in [3.05, 3.63) is 137 Å². The van der Waals surface area contributed by atoms with Gasteiger partial charge in [-0.25, -0.2) is 5.43 Å². The predicted molar refractivity (Wildman–Crippen MR) is 136 cm³/mol. The van der Waals surface area contributed by atoms with E-state index in [4.69, 9.17) is 11.6 Å². The van der Waals surface area contributed by atoms with Crippen LogP contribution in [0.1, 0.15) is 22.7 Å². The van der Waals surface area contributed by atoms with E-state index in [0.29, 0.717) is 27.4 Å². The number of rotatable bonds is 8. The second-order valence-electron chi connectivity index (χ2n) is 7.88. The average molecular weight is 486 g/mol. The first kappa shape index (κ1) is 24.2. The minimum Gasteiger partial charge on any atom is -0.372 e. The Labute approximate surface area is 208 Å². The van der Waals surface area contributed by atoms with E-state index < -0.39 is 23.5 Å². The van der Waals surface area contributed by atoms with Gasteiger partial charge in [-0.3, -0.25) is 15.0 Å². The number of halogens is 1. The third-order valence-corrected chi connectivity index (χ3v) is 5.80. The summed E-state index contributed by atoms with van der Waals surface area (Å²) in [5.74, 6) is -1.14. The minimum atomic E-state index is -1.99. The van der Waals surface area contributed by atoms with Gasteiger partial charge in [0, 0.05) is 10.7 Å². The van der Waals surface area contributed by atoms with Crippen LogP contribution in [-0.2, 0) is 15.2 Å². The van der Waals surface area contributed by atoms with Crippen LogP contribution >= 0.6 is 11.6 Å². The van der Waals surface area contributed by atoms with Crippen LogP contribution < -0.4 is 16.2 Å². The molecule has 1 atom stereocenters.